The van der Waals surface area contributed by atoms with Crippen molar-refractivity contribution in [2.24, 2.45) is 23.5 Å². The monoisotopic (exact) mass is 565 g/mol. The molecular formula is C36H43N3O3. The molecule has 5 rings (SSSR count). The van der Waals surface area contributed by atoms with E-state index in [2.05, 4.69) is 60.4 Å². The van der Waals surface area contributed by atoms with Gasteiger partial charge in [0, 0.05) is 13.1 Å². The Labute approximate surface area is 249 Å². The van der Waals surface area contributed by atoms with Crippen molar-refractivity contribution in [3.63, 3.8) is 0 Å². The molecule has 1 saturated heterocycles. The second kappa shape index (κ2) is 13.8. The highest BCUT2D eigenvalue weighted by molar-refractivity contribution is 5.91. The van der Waals surface area contributed by atoms with Crippen molar-refractivity contribution in [3.8, 4) is 11.1 Å². The molecule has 1 aliphatic heterocycles. The lowest BCUT2D eigenvalue weighted by atomic mass is 9.80. The summed E-state index contributed by atoms with van der Waals surface area (Å²) in [5.74, 6) is -1.52. The van der Waals surface area contributed by atoms with Gasteiger partial charge in [0.1, 0.15) is 6.04 Å². The second-order valence-electron chi connectivity index (χ2n) is 12.1. The third-order valence-electron chi connectivity index (χ3n) is 9.15. The lowest BCUT2D eigenvalue weighted by molar-refractivity contribution is -0.139. The third kappa shape index (κ3) is 7.10. The molecule has 3 atom stereocenters. The van der Waals surface area contributed by atoms with Gasteiger partial charge in [-0.05, 0) is 77.6 Å². The smallest absolute Gasteiger partial charge is 0.245 e. The molecule has 3 N–H and O–H groups in total. The highest BCUT2D eigenvalue weighted by atomic mass is 16.2. The Morgan fingerprint density at radius 1 is 0.905 bits per heavy atom. The van der Waals surface area contributed by atoms with Crippen molar-refractivity contribution in [1.29, 1.82) is 0 Å². The first-order valence-electron chi connectivity index (χ1n) is 15.5. The van der Waals surface area contributed by atoms with Crippen molar-refractivity contribution < 1.29 is 14.4 Å². The maximum Gasteiger partial charge on any atom is 0.245 e. The minimum absolute atomic E-state index is 0.0593. The van der Waals surface area contributed by atoms with E-state index in [0.29, 0.717) is 38.3 Å². The molecule has 3 aromatic carbocycles. The molecule has 2 aliphatic rings. The van der Waals surface area contributed by atoms with Gasteiger partial charge in [0.05, 0.1) is 11.8 Å². The van der Waals surface area contributed by atoms with Crippen LogP contribution < -0.4 is 11.1 Å². The summed E-state index contributed by atoms with van der Waals surface area (Å²) in [7, 11) is 0. The Balaban J connectivity index is 1.30. The SMILES string of the molecule is C=CCC(C(N)=O)C(CC1CCCC1)C(=O)N[C@H]1CCCCN(Cc2cccc(-c3ccc4ccccc4c3)c2)C1=O. The number of fused-ring (bicyclic) bond motifs is 1. The van der Waals surface area contributed by atoms with Crippen LogP contribution >= 0.6 is 0 Å². The molecule has 6 nitrogen and oxygen atoms in total. The van der Waals surface area contributed by atoms with E-state index in [1.54, 1.807) is 6.08 Å². The van der Waals surface area contributed by atoms with Gasteiger partial charge in [-0.25, -0.2) is 0 Å². The summed E-state index contributed by atoms with van der Waals surface area (Å²) in [6.45, 7) is 4.92. The van der Waals surface area contributed by atoms with E-state index >= 15 is 0 Å². The van der Waals surface area contributed by atoms with Crippen LogP contribution in [0.25, 0.3) is 21.9 Å². The molecule has 0 aromatic heterocycles. The zero-order chi connectivity index (χ0) is 29.5. The summed E-state index contributed by atoms with van der Waals surface area (Å²) < 4.78 is 0. The Bertz CT molecular complexity index is 1430. The largest absolute Gasteiger partial charge is 0.369 e. The van der Waals surface area contributed by atoms with Crippen molar-refractivity contribution in [2.75, 3.05) is 6.54 Å². The van der Waals surface area contributed by atoms with Crippen molar-refractivity contribution in [2.45, 2.75) is 70.4 Å². The lowest BCUT2D eigenvalue weighted by Crippen LogP contribution is -2.50. The van der Waals surface area contributed by atoms with E-state index in [9.17, 15) is 14.4 Å². The summed E-state index contributed by atoms with van der Waals surface area (Å²) in [6, 6.07) is 22.5. The van der Waals surface area contributed by atoms with Gasteiger partial charge in [-0.3, -0.25) is 14.4 Å². The predicted molar refractivity (Wildman–Crippen MR) is 168 cm³/mol. The van der Waals surface area contributed by atoms with Gasteiger partial charge in [-0.15, -0.1) is 6.58 Å². The molecule has 0 spiro atoms. The van der Waals surface area contributed by atoms with Crippen LogP contribution in [0, 0.1) is 17.8 Å². The normalized spacial score (nSPS) is 19.3. The molecule has 1 heterocycles. The number of amides is 3. The number of nitrogens with two attached hydrogens (primary N) is 1. The molecule has 2 unspecified atom stereocenters. The first kappa shape index (κ1) is 29.6. The average molecular weight is 566 g/mol. The molecule has 0 radical (unpaired) electrons. The summed E-state index contributed by atoms with van der Waals surface area (Å²) in [4.78, 5) is 41.8. The van der Waals surface area contributed by atoms with Gasteiger partial charge in [0.2, 0.25) is 17.7 Å². The fourth-order valence-corrected chi connectivity index (χ4v) is 6.83. The minimum atomic E-state index is -0.613. The predicted octanol–water partition coefficient (Wildman–Crippen LogP) is 6.38. The molecule has 0 bridgehead atoms. The molecule has 1 saturated carbocycles. The zero-order valence-electron chi connectivity index (χ0n) is 24.5. The maximum atomic E-state index is 13.8. The maximum absolute atomic E-state index is 13.8. The number of hydrogen-bond acceptors (Lipinski definition) is 3. The van der Waals surface area contributed by atoms with Crippen LogP contribution in [-0.2, 0) is 20.9 Å². The van der Waals surface area contributed by atoms with E-state index in [1.165, 1.54) is 10.8 Å². The summed E-state index contributed by atoms with van der Waals surface area (Å²) in [5.41, 5.74) is 9.07. The summed E-state index contributed by atoms with van der Waals surface area (Å²) in [6.07, 6.45) is 9.41. The highest BCUT2D eigenvalue weighted by Crippen LogP contribution is 2.34. The molecule has 220 valence electrons. The van der Waals surface area contributed by atoms with Crippen molar-refractivity contribution >= 4 is 28.5 Å². The van der Waals surface area contributed by atoms with Crippen LogP contribution in [0.1, 0.15) is 63.4 Å². The van der Waals surface area contributed by atoms with Gasteiger partial charge in [0.25, 0.3) is 0 Å². The number of carbonyl (C=O) groups excluding carboxylic acids is 3. The molecule has 3 aromatic rings. The lowest BCUT2D eigenvalue weighted by Gasteiger charge is -2.29. The number of allylic oxidation sites excluding steroid dienone is 1. The minimum Gasteiger partial charge on any atom is -0.369 e. The number of nitrogens with zero attached hydrogens (tertiary/aromatic N) is 1. The molecule has 2 fully saturated rings. The first-order valence-corrected chi connectivity index (χ1v) is 15.5. The number of carbonyl (C=O) groups is 3. The van der Waals surface area contributed by atoms with Crippen LogP contribution in [0.2, 0.25) is 0 Å². The van der Waals surface area contributed by atoms with E-state index in [-0.39, 0.29) is 11.8 Å². The number of benzene rings is 3. The fraction of sp³-hybridized carbons (Fsp3) is 0.417. The number of primary amides is 1. The van der Waals surface area contributed by atoms with Crippen LogP contribution in [0.3, 0.4) is 0 Å². The third-order valence-corrected chi connectivity index (χ3v) is 9.15. The number of hydrogen-bond donors (Lipinski definition) is 2. The number of rotatable bonds is 11. The van der Waals surface area contributed by atoms with Crippen LogP contribution in [0.5, 0.6) is 0 Å². The van der Waals surface area contributed by atoms with Gasteiger partial charge in [0.15, 0.2) is 0 Å². The van der Waals surface area contributed by atoms with Crippen LogP contribution in [0.4, 0.5) is 0 Å². The first-order chi connectivity index (χ1) is 20.4. The van der Waals surface area contributed by atoms with E-state index < -0.39 is 23.8 Å². The number of nitrogens with one attached hydrogen (secondary N) is 1. The number of likely N-dealkylation sites (tertiary alicyclic amines) is 1. The van der Waals surface area contributed by atoms with Crippen molar-refractivity contribution in [1.82, 2.24) is 10.2 Å². The summed E-state index contributed by atoms with van der Waals surface area (Å²) >= 11 is 0. The second-order valence-corrected chi connectivity index (χ2v) is 12.1. The molecule has 42 heavy (non-hydrogen) atoms. The Morgan fingerprint density at radius 2 is 1.64 bits per heavy atom. The van der Waals surface area contributed by atoms with Gasteiger partial charge in [-0.1, -0.05) is 86.4 Å². The van der Waals surface area contributed by atoms with Gasteiger partial charge < -0.3 is 16.0 Å². The Hall–Kier alpha value is -3.93. The molecule has 3 amide bonds. The molecule has 6 heteroatoms. The zero-order valence-corrected chi connectivity index (χ0v) is 24.5. The quantitative estimate of drug-likeness (QED) is 0.264. The van der Waals surface area contributed by atoms with E-state index in [1.807, 2.05) is 23.1 Å². The summed E-state index contributed by atoms with van der Waals surface area (Å²) in [5, 5.41) is 5.47. The molecular weight excluding hydrogens is 522 g/mol. The van der Waals surface area contributed by atoms with Crippen molar-refractivity contribution in [3.05, 3.63) is 84.9 Å². The Kier molecular flexibility index (Phi) is 9.73. The van der Waals surface area contributed by atoms with E-state index in [0.717, 1.165) is 55.2 Å². The standard InChI is InChI=1S/C36H43N3O3/c1-2-10-31(34(37)40)32(22-25-11-3-4-12-25)35(41)38-33-17-7-8-20-39(36(33)42)24-26-13-9-16-28(21-26)30-19-18-27-14-5-6-15-29(27)23-30/h2,5-6,9,13-16,18-19,21,23,25,31-33H,1,3-4,7-8,10-12,17,20,22,24H2,(H2,37,40)(H,38,41)/t31?,32?,33-/m0/s1. The van der Waals surface area contributed by atoms with Crippen LogP contribution in [-0.4, -0.2) is 35.2 Å². The highest BCUT2D eigenvalue weighted by Gasteiger charge is 2.37. The topological polar surface area (TPSA) is 92.5 Å². The average Bonchev–Trinajstić information content (AvgIpc) is 3.46. The van der Waals surface area contributed by atoms with Gasteiger partial charge in [-0.2, -0.15) is 0 Å². The Morgan fingerprint density at radius 3 is 2.40 bits per heavy atom. The van der Waals surface area contributed by atoms with E-state index in [4.69, 9.17) is 5.73 Å². The fourth-order valence-electron chi connectivity index (χ4n) is 6.83. The van der Waals surface area contributed by atoms with Gasteiger partial charge >= 0.3 is 0 Å². The molecule has 1 aliphatic carbocycles. The van der Waals surface area contributed by atoms with Crippen LogP contribution in [0.15, 0.2) is 79.4 Å².